The Balaban J connectivity index is 1.68. The standard InChI is InChI=1S/C17H21ClN4O2/c1-10(2)16-15(18)17(22-21-16)13(23)7-11-3-4-12(20-8-11)14-9-19-5-6-24-14/h3-4,8,10,14,19H,5-7,9H2,1-2H3,(H,21,22)/t14-/m1/s1. The van der Waals surface area contributed by atoms with Crippen molar-refractivity contribution in [1.29, 1.82) is 0 Å². The van der Waals surface area contributed by atoms with E-state index in [-0.39, 0.29) is 24.2 Å². The molecule has 6 nitrogen and oxygen atoms in total. The van der Waals surface area contributed by atoms with E-state index < -0.39 is 0 Å². The van der Waals surface area contributed by atoms with Gasteiger partial charge in [0.25, 0.3) is 0 Å². The van der Waals surface area contributed by atoms with Gasteiger partial charge in [-0.25, -0.2) is 0 Å². The first-order valence-corrected chi connectivity index (χ1v) is 8.48. The van der Waals surface area contributed by atoms with Crippen LogP contribution in [-0.2, 0) is 11.2 Å². The van der Waals surface area contributed by atoms with E-state index in [1.54, 1.807) is 6.20 Å². The van der Waals surface area contributed by atoms with E-state index in [1.807, 2.05) is 26.0 Å². The molecule has 1 aliphatic heterocycles. The molecule has 7 heteroatoms. The third-order valence-corrected chi connectivity index (χ3v) is 4.43. The fraction of sp³-hybridized carbons (Fsp3) is 0.471. The zero-order valence-electron chi connectivity index (χ0n) is 13.8. The molecule has 3 heterocycles. The van der Waals surface area contributed by atoms with Gasteiger partial charge in [-0.2, -0.15) is 5.10 Å². The third-order valence-electron chi connectivity index (χ3n) is 4.04. The van der Waals surface area contributed by atoms with E-state index in [2.05, 4.69) is 20.5 Å². The quantitative estimate of drug-likeness (QED) is 0.812. The molecular weight excluding hydrogens is 328 g/mol. The van der Waals surface area contributed by atoms with Crippen LogP contribution in [0, 0.1) is 0 Å². The van der Waals surface area contributed by atoms with Crippen LogP contribution < -0.4 is 5.32 Å². The van der Waals surface area contributed by atoms with Crippen LogP contribution in [0.25, 0.3) is 0 Å². The van der Waals surface area contributed by atoms with Crippen molar-refractivity contribution in [2.24, 2.45) is 0 Å². The van der Waals surface area contributed by atoms with Gasteiger partial charge in [0.15, 0.2) is 5.78 Å². The van der Waals surface area contributed by atoms with Crippen molar-refractivity contribution in [3.63, 3.8) is 0 Å². The van der Waals surface area contributed by atoms with E-state index in [0.29, 0.717) is 17.3 Å². The molecular formula is C17H21ClN4O2. The maximum absolute atomic E-state index is 12.4. The minimum atomic E-state index is -0.117. The SMILES string of the molecule is CC(C)c1[nH]nc(C(=O)Cc2ccc([C@H]3CNCCO3)nc2)c1Cl. The molecule has 0 saturated carbocycles. The summed E-state index contributed by atoms with van der Waals surface area (Å²) in [6.45, 7) is 6.30. The molecule has 1 aliphatic rings. The number of nitrogens with zero attached hydrogens (tertiary/aromatic N) is 2. The highest BCUT2D eigenvalue weighted by Gasteiger charge is 2.21. The smallest absolute Gasteiger partial charge is 0.189 e. The van der Waals surface area contributed by atoms with Gasteiger partial charge in [0, 0.05) is 25.7 Å². The van der Waals surface area contributed by atoms with Crippen molar-refractivity contribution in [3.05, 3.63) is 46.0 Å². The second-order valence-electron chi connectivity index (χ2n) is 6.21. The Bertz CT molecular complexity index is 706. The van der Waals surface area contributed by atoms with Crippen molar-refractivity contribution in [2.75, 3.05) is 19.7 Å². The van der Waals surface area contributed by atoms with E-state index in [4.69, 9.17) is 16.3 Å². The number of ketones is 1. The summed E-state index contributed by atoms with van der Waals surface area (Å²) in [5.74, 6) is 0.0740. The average Bonchev–Trinajstić information content (AvgIpc) is 2.98. The zero-order valence-corrected chi connectivity index (χ0v) is 14.6. The van der Waals surface area contributed by atoms with Gasteiger partial charge in [-0.1, -0.05) is 31.5 Å². The van der Waals surface area contributed by atoms with Crippen molar-refractivity contribution >= 4 is 17.4 Å². The highest BCUT2D eigenvalue weighted by atomic mass is 35.5. The number of aromatic amines is 1. The number of aromatic nitrogens is 3. The lowest BCUT2D eigenvalue weighted by atomic mass is 10.1. The summed E-state index contributed by atoms with van der Waals surface area (Å²) < 4.78 is 5.67. The molecule has 2 aromatic rings. The van der Waals surface area contributed by atoms with Gasteiger partial charge in [0.1, 0.15) is 11.8 Å². The lowest BCUT2D eigenvalue weighted by Gasteiger charge is -2.23. The van der Waals surface area contributed by atoms with E-state index >= 15 is 0 Å². The molecule has 24 heavy (non-hydrogen) atoms. The Hall–Kier alpha value is -1.76. The molecule has 0 amide bonds. The fourth-order valence-corrected chi connectivity index (χ4v) is 3.07. The highest BCUT2D eigenvalue weighted by molar-refractivity contribution is 6.34. The summed E-state index contributed by atoms with van der Waals surface area (Å²) in [7, 11) is 0. The minimum absolute atomic E-state index is 0.0297. The van der Waals surface area contributed by atoms with E-state index in [0.717, 1.165) is 30.0 Å². The maximum Gasteiger partial charge on any atom is 0.189 e. The molecule has 0 bridgehead atoms. The average molecular weight is 349 g/mol. The normalized spacial score (nSPS) is 18.1. The largest absolute Gasteiger partial charge is 0.369 e. The predicted molar refractivity (Wildman–Crippen MR) is 91.5 cm³/mol. The highest BCUT2D eigenvalue weighted by Crippen LogP contribution is 2.26. The van der Waals surface area contributed by atoms with E-state index in [1.165, 1.54) is 0 Å². The van der Waals surface area contributed by atoms with Crippen molar-refractivity contribution < 1.29 is 9.53 Å². The van der Waals surface area contributed by atoms with Gasteiger partial charge in [-0.15, -0.1) is 0 Å². The summed E-state index contributed by atoms with van der Waals surface area (Å²) in [6.07, 6.45) is 1.91. The number of ether oxygens (including phenoxy) is 1. The van der Waals surface area contributed by atoms with Gasteiger partial charge < -0.3 is 10.1 Å². The van der Waals surface area contributed by atoms with Gasteiger partial charge in [-0.05, 0) is 17.5 Å². The van der Waals surface area contributed by atoms with Crippen molar-refractivity contribution in [1.82, 2.24) is 20.5 Å². The first-order valence-electron chi connectivity index (χ1n) is 8.10. The number of H-pyrrole nitrogens is 1. The Kier molecular flexibility index (Phi) is 5.28. The van der Waals surface area contributed by atoms with Crippen molar-refractivity contribution in [2.45, 2.75) is 32.3 Å². The lowest BCUT2D eigenvalue weighted by molar-refractivity contribution is 0.0250. The molecule has 0 aliphatic carbocycles. The second-order valence-corrected chi connectivity index (χ2v) is 6.59. The molecule has 0 radical (unpaired) electrons. The van der Waals surface area contributed by atoms with Crippen molar-refractivity contribution in [3.8, 4) is 0 Å². The third kappa shape index (κ3) is 3.66. The zero-order chi connectivity index (χ0) is 17.1. The number of hydrogen-bond donors (Lipinski definition) is 2. The number of carbonyl (C=O) groups excluding carboxylic acids is 1. The van der Waals surface area contributed by atoms with Gasteiger partial charge >= 0.3 is 0 Å². The number of nitrogens with one attached hydrogen (secondary N) is 2. The summed E-state index contributed by atoms with van der Waals surface area (Å²) in [5, 5.41) is 10.6. The molecule has 0 spiro atoms. The van der Waals surface area contributed by atoms with Crippen LogP contribution >= 0.6 is 11.6 Å². The Morgan fingerprint density at radius 3 is 2.88 bits per heavy atom. The minimum Gasteiger partial charge on any atom is -0.369 e. The fourth-order valence-electron chi connectivity index (χ4n) is 2.66. The van der Waals surface area contributed by atoms with Crippen LogP contribution in [0.4, 0.5) is 0 Å². The molecule has 1 saturated heterocycles. The number of pyridine rings is 1. The Labute approximate surface area is 146 Å². The van der Waals surface area contributed by atoms with Gasteiger partial charge in [-0.3, -0.25) is 14.9 Å². The maximum atomic E-state index is 12.4. The molecule has 1 atom stereocenters. The first-order chi connectivity index (χ1) is 11.6. The van der Waals surface area contributed by atoms with Crippen LogP contribution in [0.15, 0.2) is 18.3 Å². The second kappa shape index (κ2) is 7.42. The van der Waals surface area contributed by atoms with E-state index in [9.17, 15) is 4.79 Å². The summed E-state index contributed by atoms with van der Waals surface area (Å²) in [4.78, 5) is 16.9. The molecule has 1 fully saturated rings. The Morgan fingerprint density at radius 2 is 2.29 bits per heavy atom. The monoisotopic (exact) mass is 348 g/mol. The van der Waals surface area contributed by atoms with Crippen LogP contribution in [-0.4, -0.2) is 40.7 Å². The topological polar surface area (TPSA) is 79.9 Å². The summed E-state index contributed by atoms with van der Waals surface area (Å²) in [6, 6.07) is 3.81. The van der Waals surface area contributed by atoms with Crippen LogP contribution in [0.1, 0.15) is 53.3 Å². The lowest BCUT2D eigenvalue weighted by Crippen LogP contribution is -2.33. The summed E-state index contributed by atoms with van der Waals surface area (Å²) >= 11 is 6.25. The number of carbonyl (C=O) groups is 1. The number of morpholine rings is 1. The number of rotatable bonds is 5. The summed E-state index contributed by atoms with van der Waals surface area (Å²) in [5.41, 5.74) is 2.79. The van der Waals surface area contributed by atoms with Crippen LogP contribution in [0.2, 0.25) is 5.02 Å². The number of hydrogen-bond acceptors (Lipinski definition) is 5. The Morgan fingerprint density at radius 1 is 1.46 bits per heavy atom. The molecule has 2 aromatic heterocycles. The molecule has 2 N–H and O–H groups in total. The van der Waals surface area contributed by atoms with Gasteiger partial charge in [0.05, 0.1) is 23.0 Å². The first kappa shape index (κ1) is 17.1. The molecule has 0 aromatic carbocycles. The molecule has 128 valence electrons. The molecule has 3 rings (SSSR count). The van der Waals surface area contributed by atoms with Gasteiger partial charge in [0.2, 0.25) is 0 Å². The van der Waals surface area contributed by atoms with Crippen LogP contribution in [0.3, 0.4) is 0 Å². The van der Waals surface area contributed by atoms with Crippen LogP contribution in [0.5, 0.6) is 0 Å². The number of Topliss-reactive ketones (excluding diaryl/α,β-unsaturated/α-hetero) is 1. The number of halogens is 1. The predicted octanol–water partition coefficient (Wildman–Crippen LogP) is 2.67. The molecule has 0 unspecified atom stereocenters.